The maximum Gasteiger partial charge on any atom is 0.243 e. The summed E-state index contributed by atoms with van der Waals surface area (Å²) in [5.74, 6) is 6.51. The Morgan fingerprint density at radius 2 is 1.80 bits per heavy atom. The van der Waals surface area contributed by atoms with E-state index in [2.05, 4.69) is 38.1 Å². The van der Waals surface area contributed by atoms with Crippen LogP contribution in [-0.4, -0.2) is 8.32 Å². The summed E-state index contributed by atoms with van der Waals surface area (Å²) in [5, 5.41) is 0. The molecule has 0 saturated carbocycles. The molecular weight excluding hydrogens is 200 g/mol. The average molecular weight is 216 g/mol. The Morgan fingerprint density at radius 1 is 1.20 bits per heavy atom. The molecule has 1 aromatic rings. The highest BCUT2D eigenvalue weighted by Crippen LogP contribution is 2.07. The minimum atomic E-state index is -1.56. The molecule has 0 aliphatic carbocycles. The Hall–Kier alpha value is -1.46. The molecule has 0 aliphatic heterocycles. The summed E-state index contributed by atoms with van der Waals surface area (Å²) < 4.78 is 5.63. The van der Waals surface area contributed by atoms with E-state index in [9.17, 15) is 0 Å². The highest BCUT2D eigenvalue weighted by molar-refractivity contribution is 6.70. The van der Waals surface area contributed by atoms with Gasteiger partial charge >= 0.3 is 0 Å². The molecule has 0 aromatic heterocycles. The Kier molecular flexibility index (Phi) is 3.76. The van der Waals surface area contributed by atoms with Crippen molar-refractivity contribution >= 4 is 8.32 Å². The van der Waals surface area contributed by atoms with Gasteiger partial charge in [0.05, 0.1) is 0 Å². The monoisotopic (exact) mass is 216 g/mol. The zero-order valence-corrected chi connectivity index (χ0v) is 10.5. The maximum absolute atomic E-state index is 5.63. The van der Waals surface area contributed by atoms with Crippen LogP contribution in [-0.2, 0) is 4.43 Å². The molecule has 78 valence electrons. The van der Waals surface area contributed by atoms with E-state index in [1.807, 2.05) is 30.3 Å². The van der Waals surface area contributed by atoms with Gasteiger partial charge in [0.1, 0.15) is 5.76 Å². The second kappa shape index (κ2) is 4.86. The summed E-state index contributed by atoms with van der Waals surface area (Å²) >= 11 is 0. The van der Waals surface area contributed by atoms with Gasteiger partial charge in [0, 0.05) is 5.56 Å². The lowest BCUT2D eigenvalue weighted by atomic mass is 10.2. The summed E-state index contributed by atoms with van der Waals surface area (Å²) in [4.78, 5) is 0. The van der Waals surface area contributed by atoms with Gasteiger partial charge in [0.2, 0.25) is 8.32 Å². The highest BCUT2D eigenvalue weighted by Gasteiger charge is 2.15. The Labute approximate surface area is 92.9 Å². The van der Waals surface area contributed by atoms with Crippen LogP contribution in [0.25, 0.3) is 0 Å². The van der Waals surface area contributed by atoms with Crippen molar-refractivity contribution in [3.63, 3.8) is 0 Å². The molecular formula is C13H16OSi. The van der Waals surface area contributed by atoms with Crippen molar-refractivity contribution in [1.82, 2.24) is 0 Å². The lowest BCUT2D eigenvalue weighted by Crippen LogP contribution is -2.24. The first-order valence-electron chi connectivity index (χ1n) is 4.92. The molecule has 0 aliphatic rings. The van der Waals surface area contributed by atoms with Crippen LogP contribution in [0, 0.1) is 11.8 Å². The van der Waals surface area contributed by atoms with Crippen molar-refractivity contribution in [2.45, 2.75) is 19.6 Å². The van der Waals surface area contributed by atoms with Crippen LogP contribution in [0.3, 0.4) is 0 Å². The van der Waals surface area contributed by atoms with Gasteiger partial charge in [-0.05, 0) is 44.3 Å². The van der Waals surface area contributed by atoms with Crippen LogP contribution in [0.1, 0.15) is 5.56 Å². The van der Waals surface area contributed by atoms with Gasteiger partial charge in [0.25, 0.3) is 0 Å². The molecule has 0 amide bonds. The fourth-order valence-corrected chi connectivity index (χ4v) is 1.85. The van der Waals surface area contributed by atoms with E-state index in [4.69, 9.17) is 4.43 Å². The van der Waals surface area contributed by atoms with Crippen LogP contribution in [0.4, 0.5) is 0 Å². The van der Waals surface area contributed by atoms with Crippen LogP contribution in [0.15, 0.2) is 42.7 Å². The number of hydrogen-bond acceptors (Lipinski definition) is 1. The van der Waals surface area contributed by atoms with Gasteiger partial charge in [-0.15, -0.1) is 0 Å². The van der Waals surface area contributed by atoms with Crippen LogP contribution >= 0.6 is 0 Å². The summed E-state index contributed by atoms with van der Waals surface area (Å²) in [7, 11) is -1.56. The van der Waals surface area contributed by atoms with Gasteiger partial charge in [-0.25, -0.2) is 0 Å². The van der Waals surface area contributed by atoms with E-state index in [0.29, 0.717) is 5.76 Å². The van der Waals surface area contributed by atoms with Gasteiger partial charge in [-0.3, -0.25) is 0 Å². The van der Waals surface area contributed by atoms with E-state index in [1.54, 1.807) is 0 Å². The van der Waals surface area contributed by atoms with Crippen molar-refractivity contribution in [3.8, 4) is 11.8 Å². The molecule has 0 fully saturated rings. The molecule has 0 bridgehead atoms. The van der Waals surface area contributed by atoms with E-state index in [-0.39, 0.29) is 0 Å². The lowest BCUT2D eigenvalue weighted by molar-refractivity contribution is 0.449. The van der Waals surface area contributed by atoms with Crippen LogP contribution in [0.2, 0.25) is 19.6 Å². The predicted molar refractivity (Wildman–Crippen MR) is 66.9 cm³/mol. The second-order valence-corrected chi connectivity index (χ2v) is 8.68. The predicted octanol–water partition coefficient (Wildman–Crippen LogP) is 3.40. The fraction of sp³-hybridized carbons (Fsp3) is 0.231. The van der Waals surface area contributed by atoms with Gasteiger partial charge < -0.3 is 4.43 Å². The molecule has 15 heavy (non-hydrogen) atoms. The Bertz CT molecular complexity index is 390. The molecule has 0 atom stereocenters. The summed E-state index contributed by atoms with van der Waals surface area (Å²) in [5.41, 5.74) is 0.984. The molecule has 1 rings (SSSR count). The molecule has 0 heterocycles. The van der Waals surface area contributed by atoms with Crippen molar-refractivity contribution in [2.24, 2.45) is 0 Å². The minimum absolute atomic E-state index is 0.568. The molecule has 0 unspecified atom stereocenters. The molecule has 1 aromatic carbocycles. The first kappa shape index (κ1) is 11.6. The zero-order valence-electron chi connectivity index (χ0n) is 9.50. The van der Waals surface area contributed by atoms with Gasteiger partial charge in [0.15, 0.2) is 0 Å². The minimum Gasteiger partial charge on any atom is -0.539 e. The van der Waals surface area contributed by atoms with E-state index in [1.165, 1.54) is 0 Å². The average Bonchev–Trinajstić information content (AvgIpc) is 2.14. The molecule has 0 N–H and O–H groups in total. The fourth-order valence-electron chi connectivity index (χ4n) is 1.06. The molecule has 1 nitrogen and oxygen atoms in total. The first-order valence-corrected chi connectivity index (χ1v) is 8.33. The third kappa shape index (κ3) is 5.09. The van der Waals surface area contributed by atoms with Crippen molar-refractivity contribution < 1.29 is 4.43 Å². The molecule has 0 saturated heterocycles. The number of allylic oxidation sites excluding steroid dienone is 1. The topological polar surface area (TPSA) is 9.23 Å². The Morgan fingerprint density at radius 3 is 2.33 bits per heavy atom. The second-order valence-electron chi connectivity index (χ2n) is 4.25. The summed E-state index contributed by atoms with van der Waals surface area (Å²) in [6.07, 6.45) is 0. The quantitative estimate of drug-likeness (QED) is 0.418. The van der Waals surface area contributed by atoms with E-state index < -0.39 is 8.32 Å². The first-order chi connectivity index (χ1) is 6.97. The smallest absolute Gasteiger partial charge is 0.243 e. The summed E-state index contributed by atoms with van der Waals surface area (Å²) in [6.45, 7) is 10.1. The van der Waals surface area contributed by atoms with Crippen molar-refractivity contribution in [2.75, 3.05) is 0 Å². The maximum atomic E-state index is 5.63. The van der Waals surface area contributed by atoms with E-state index in [0.717, 1.165) is 5.56 Å². The Balaban J connectivity index is 2.64. The molecule has 0 spiro atoms. The molecule has 0 radical (unpaired) electrons. The van der Waals surface area contributed by atoms with E-state index >= 15 is 0 Å². The largest absolute Gasteiger partial charge is 0.539 e. The molecule has 2 heteroatoms. The normalized spacial score (nSPS) is 10.1. The number of benzene rings is 1. The van der Waals surface area contributed by atoms with Gasteiger partial charge in [-0.1, -0.05) is 24.1 Å². The third-order valence-corrected chi connectivity index (χ3v) is 2.41. The van der Waals surface area contributed by atoms with Crippen molar-refractivity contribution in [3.05, 3.63) is 48.2 Å². The lowest BCUT2D eigenvalue weighted by Gasteiger charge is -2.17. The standard InChI is InChI=1S/C13H16OSi/c1-12(14-15(2,3)4)10-11-13-8-6-5-7-9-13/h5-9H,1H2,2-4H3. The zero-order chi connectivity index (χ0) is 11.3. The highest BCUT2D eigenvalue weighted by atomic mass is 28.4. The van der Waals surface area contributed by atoms with Gasteiger partial charge in [-0.2, -0.15) is 0 Å². The SMILES string of the molecule is C=C(C#Cc1ccccc1)O[Si](C)(C)C. The van der Waals surface area contributed by atoms with Crippen LogP contribution < -0.4 is 0 Å². The number of rotatable bonds is 2. The number of hydrogen-bond donors (Lipinski definition) is 0. The summed E-state index contributed by atoms with van der Waals surface area (Å²) in [6, 6.07) is 9.83. The van der Waals surface area contributed by atoms with Crippen LogP contribution in [0.5, 0.6) is 0 Å². The van der Waals surface area contributed by atoms with Crippen molar-refractivity contribution in [1.29, 1.82) is 0 Å². The third-order valence-electron chi connectivity index (χ3n) is 1.55.